The summed E-state index contributed by atoms with van der Waals surface area (Å²) >= 11 is 0. The maximum atomic E-state index is 13.7. The minimum Gasteiger partial charge on any atom is -0.481 e. The first-order chi connectivity index (χ1) is 19.6. The van der Waals surface area contributed by atoms with E-state index in [-0.39, 0.29) is 30.9 Å². The summed E-state index contributed by atoms with van der Waals surface area (Å²) in [5.41, 5.74) is 1.85. The third-order valence-electron chi connectivity index (χ3n) is 6.58. The molecular weight excluding hydrogens is 532 g/mol. The first kappa shape index (κ1) is 28.7. The second kappa shape index (κ2) is 12.7. The molecule has 0 aromatic heterocycles. The van der Waals surface area contributed by atoms with E-state index in [4.69, 9.17) is 4.74 Å². The zero-order chi connectivity index (χ0) is 29.5. The van der Waals surface area contributed by atoms with Gasteiger partial charge in [-0.1, -0.05) is 60.2 Å². The number of nitrogens with zero attached hydrogens (tertiary/aromatic N) is 3. The number of aryl methyl sites for hydroxylation is 1. The number of hydrogen-bond donors (Lipinski definition) is 2. The Bertz CT molecular complexity index is 1440. The lowest BCUT2D eigenvalue weighted by Gasteiger charge is -2.30. The molecule has 12 heteroatoms. The molecule has 0 radical (unpaired) electrons. The van der Waals surface area contributed by atoms with Gasteiger partial charge in [-0.05, 0) is 30.2 Å². The summed E-state index contributed by atoms with van der Waals surface area (Å²) in [6.07, 6.45) is -2.88. The number of nitro groups is 1. The Morgan fingerprint density at radius 2 is 1.68 bits per heavy atom. The minimum atomic E-state index is -1.46. The molecule has 12 nitrogen and oxygen atoms in total. The number of carboxylic acids is 1. The largest absolute Gasteiger partial charge is 0.481 e. The Hall–Kier alpha value is -5.26. The van der Waals surface area contributed by atoms with Crippen LogP contribution < -0.4 is 5.32 Å². The topological polar surface area (TPSA) is 159 Å². The van der Waals surface area contributed by atoms with Gasteiger partial charge in [-0.25, -0.2) is 4.79 Å². The van der Waals surface area contributed by atoms with Crippen molar-refractivity contribution in [2.24, 2.45) is 0 Å². The van der Waals surface area contributed by atoms with E-state index in [1.807, 2.05) is 13.0 Å². The lowest BCUT2D eigenvalue weighted by molar-refractivity contribution is -0.384. The standard InChI is InChI=1S/C29H28N4O8/c1-19-10-12-21(13-11-19)28(37)31-14-15-32(29(38)41-18-20-6-3-2-4-7-20)27(31)26(36)30-24(17-25(34)35)22-8-5-9-23(16-22)33(39)40/h2-13,16,24,27H,14-15,17-18H2,1H3,(H,30,36)(H,34,35). The van der Waals surface area contributed by atoms with Gasteiger partial charge in [-0.15, -0.1) is 0 Å². The summed E-state index contributed by atoms with van der Waals surface area (Å²) in [6.45, 7) is 1.81. The highest BCUT2D eigenvalue weighted by molar-refractivity contribution is 5.99. The molecule has 0 spiro atoms. The van der Waals surface area contributed by atoms with Gasteiger partial charge in [0.1, 0.15) is 6.61 Å². The predicted molar refractivity (Wildman–Crippen MR) is 146 cm³/mol. The van der Waals surface area contributed by atoms with E-state index in [1.54, 1.807) is 48.5 Å². The first-order valence-corrected chi connectivity index (χ1v) is 12.8. The van der Waals surface area contributed by atoms with E-state index in [0.29, 0.717) is 5.56 Å². The van der Waals surface area contributed by atoms with Crippen molar-refractivity contribution in [1.82, 2.24) is 15.1 Å². The lowest BCUT2D eigenvalue weighted by Crippen LogP contribution is -2.54. The predicted octanol–water partition coefficient (Wildman–Crippen LogP) is 3.66. The maximum absolute atomic E-state index is 13.7. The molecule has 0 bridgehead atoms. The monoisotopic (exact) mass is 560 g/mol. The van der Waals surface area contributed by atoms with E-state index in [0.717, 1.165) is 16.0 Å². The Morgan fingerprint density at radius 3 is 2.34 bits per heavy atom. The van der Waals surface area contributed by atoms with Crippen LogP contribution in [0.1, 0.15) is 39.5 Å². The third-order valence-corrected chi connectivity index (χ3v) is 6.58. The number of carbonyl (C=O) groups is 4. The van der Waals surface area contributed by atoms with Crippen molar-refractivity contribution in [3.63, 3.8) is 0 Å². The first-order valence-electron chi connectivity index (χ1n) is 12.8. The highest BCUT2D eigenvalue weighted by Gasteiger charge is 2.44. The summed E-state index contributed by atoms with van der Waals surface area (Å²) in [5.74, 6) is -2.61. The number of benzene rings is 3. The molecule has 212 valence electrons. The Balaban J connectivity index is 1.62. The Kier molecular flexibility index (Phi) is 8.92. The molecule has 4 rings (SSSR count). The minimum absolute atomic E-state index is 0.0102. The fraction of sp³-hybridized carbons (Fsp3) is 0.241. The Labute approximate surface area is 235 Å². The third kappa shape index (κ3) is 7.04. The smallest absolute Gasteiger partial charge is 0.412 e. The van der Waals surface area contributed by atoms with Gasteiger partial charge in [0.05, 0.1) is 17.4 Å². The van der Waals surface area contributed by atoms with Crippen LogP contribution in [0.3, 0.4) is 0 Å². The van der Waals surface area contributed by atoms with Crippen molar-refractivity contribution in [1.29, 1.82) is 0 Å². The van der Waals surface area contributed by atoms with E-state index < -0.39 is 47.4 Å². The van der Waals surface area contributed by atoms with E-state index >= 15 is 0 Å². The molecule has 1 aliphatic rings. The molecule has 1 fully saturated rings. The van der Waals surface area contributed by atoms with Gasteiger partial charge in [0, 0.05) is 30.8 Å². The highest BCUT2D eigenvalue weighted by atomic mass is 16.6. The fourth-order valence-corrected chi connectivity index (χ4v) is 4.51. The number of nitro benzene ring substituents is 1. The van der Waals surface area contributed by atoms with Gasteiger partial charge in [0.2, 0.25) is 0 Å². The summed E-state index contributed by atoms with van der Waals surface area (Å²) in [4.78, 5) is 65.0. The van der Waals surface area contributed by atoms with E-state index in [2.05, 4.69) is 5.32 Å². The van der Waals surface area contributed by atoms with Gasteiger partial charge < -0.3 is 20.1 Å². The highest BCUT2D eigenvalue weighted by Crippen LogP contribution is 2.25. The van der Waals surface area contributed by atoms with Crippen molar-refractivity contribution in [3.05, 3.63) is 111 Å². The lowest BCUT2D eigenvalue weighted by atomic mass is 10.0. The molecule has 2 unspecified atom stereocenters. The maximum Gasteiger partial charge on any atom is 0.412 e. The van der Waals surface area contributed by atoms with Crippen molar-refractivity contribution >= 4 is 29.6 Å². The Morgan fingerprint density at radius 1 is 1.00 bits per heavy atom. The van der Waals surface area contributed by atoms with Crippen LogP contribution in [-0.2, 0) is 20.9 Å². The van der Waals surface area contributed by atoms with Crippen molar-refractivity contribution in [2.45, 2.75) is 32.2 Å². The van der Waals surface area contributed by atoms with Gasteiger partial charge in [-0.2, -0.15) is 0 Å². The summed E-state index contributed by atoms with van der Waals surface area (Å²) in [7, 11) is 0. The molecule has 0 aliphatic carbocycles. The molecule has 3 aromatic rings. The second-order valence-corrected chi connectivity index (χ2v) is 9.48. The van der Waals surface area contributed by atoms with Crippen LogP contribution >= 0.6 is 0 Å². The molecule has 1 heterocycles. The average Bonchev–Trinajstić information content (AvgIpc) is 3.41. The van der Waals surface area contributed by atoms with Gasteiger partial charge in [0.25, 0.3) is 17.5 Å². The number of amides is 3. The molecule has 1 saturated heterocycles. The summed E-state index contributed by atoms with van der Waals surface area (Å²) < 4.78 is 5.44. The number of non-ortho nitro benzene ring substituents is 1. The van der Waals surface area contributed by atoms with Crippen LogP contribution in [0.5, 0.6) is 0 Å². The summed E-state index contributed by atoms with van der Waals surface area (Å²) in [5, 5.41) is 23.4. The van der Waals surface area contributed by atoms with Gasteiger partial charge >= 0.3 is 12.1 Å². The van der Waals surface area contributed by atoms with Crippen molar-refractivity contribution in [2.75, 3.05) is 13.1 Å². The van der Waals surface area contributed by atoms with Crippen molar-refractivity contribution < 1.29 is 33.9 Å². The molecule has 2 N–H and O–H groups in total. The van der Waals surface area contributed by atoms with Gasteiger partial charge in [0.15, 0.2) is 6.17 Å². The number of aliphatic carboxylic acids is 1. The quantitative estimate of drug-likeness (QED) is 0.296. The van der Waals surface area contributed by atoms with E-state index in [9.17, 15) is 34.4 Å². The number of carbonyl (C=O) groups excluding carboxylic acids is 3. The normalized spacial score (nSPS) is 15.2. The number of rotatable bonds is 9. The molecular formula is C29H28N4O8. The van der Waals surface area contributed by atoms with Crippen LogP contribution in [-0.4, -0.2) is 63.0 Å². The van der Waals surface area contributed by atoms with E-state index in [1.165, 1.54) is 29.2 Å². The zero-order valence-electron chi connectivity index (χ0n) is 22.1. The second-order valence-electron chi connectivity index (χ2n) is 9.48. The summed E-state index contributed by atoms with van der Waals surface area (Å²) in [6, 6.07) is 19.7. The zero-order valence-corrected chi connectivity index (χ0v) is 22.1. The molecule has 41 heavy (non-hydrogen) atoms. The molecule has 3 amide bonds. The average molecular weight is 561 g/mol. The molecule has 2 atom stereocenters. The van der Waals surface area contributed by atoms with Crippen LogP contribution in [0, 0.1) is 17.0 Å². The van der Waals surface area contributed by atoms with Crippen LogP contribution in [0.15, 0.2) is 78.9 Å². The number of ether oxygens (including phenoxy) is 1. The fourth-order valence-electron chi connectivity index (χ4n) is 4.51. The van der Waals surface area contributed by atoms with Crippen LogP contribution in [0.2, 0.25) is 0 Å². The number of nitrogens with one attached hydrogen (secondary N) is 1. The molecule has 1 aliphatic heterocycles. The molecule has 3 aromatic carbocycles. The van der Waals surface area contributed by atoms with Gasteiger partial charge in [-0.3, -0.25) is 29.4 Å². The molecule has 0 saturated carbocycles. The SMILES string of the molecule is Cc1ccc(C(=O)N2CCN(C(=O)OCc3ccccc3)C2C(=O)NC(CC(=O)O)c2cccc([N+](=O)[O-])c2)cc1. The number of carboxylic acid groups (broad SMARTS) is 1. The number of hydrogen-bond acceptors (Lipinski definition) is 7. The van der Waals surface area contributed by atoms with Crippen LogP contribution in [0.25, 0.3) is 0 Å². The van der Waals surface area contributed by atoms with Crippen LogP contribution in [0.4, 0.5) is 10.5 Å². The van der Waals surface area contributed by atoms with Crippen molar-refractivity contribution in [3.8, 4) is 0 Å².